The van der Waals surface area contributed by atoms with E-state index in [0.29, 0.717) is 11.4 Å². The summed E-state index contributed by atoms with van der Waals surface area (Å²) < 4.78 is 11.7. The molecule has 2 N–H and O–H groups in total. The predicted molar refractivity (Wildman–Crippen MR) is 146 cm³/mol. The minimum absolute atomic E-state index is 0.162. The summed E-state index contributed by atoms with van der Waals surface area (Å²) in [4.78, 5) is 24.1. The predicted octanol–water partition coefficient (Wildman–Crippen LogP) is 4.43. The number of nitrogens with one attached hydrogen (secondary N) is 2. The number of nitrogens with zero attached hydrogens (tertiary/aromatic N) is 3. The van der Waals surface area contributed by atoms with Gasteiger partial charge < -0.3 is 20.1 Å². The quantitative estimate of drug-likeness (QED) is 0.397. The van der Waals surface area contributed by atoms with Crippen LogP contribution >= 0.6 is 0 Å². The van der Waals surface area contributed by atoms with Crippen LogP contribution in [0, 0.1) is 0 Å². The molecule has 0 radical (unpaired) electrons. The number of amides is 1. The molecule has 1 saturated carbocycles. The maximum atomic E-state index is 12.8. The van der Waals surface area contributed by atoms with Gasteiger partial charge in [-0.2, -0.15) is 0 Å². The fourth-order valence-electron chi connectivity index (χ4n) is 4.84. The van der Waals surface area contributed by atoms with Gasteiger partial charge in [0.25, 0.3) is 0 Å². The number of aromatic nitrogens is 2. The second-order valence-corrected chi connectivity index (χ2v) is 9.58. The fourth-order valence-corrected chi connectivity index (χ4v) is 4.84. The van der Waals surface area contributed by atoms with Crippen LogP contribution in [-0.4, -0.2) is 66.3 Å². The molecule has 2 aliphatic rings. The highest BCUT2D eigenvalue weighted by Crippen LogP contribution is 2.35. The van der Waals surface area contributed by atoms with Crippen molar-refractivity contribution < 1.29 is 14.3 Å². The molecule has 1 aliphatic heterocycles. The zero-order valence-electron chi connectivity index (χ0n) is 21.2. The first-order valence-electron chi connectivity index (χ1n) is 13.3. The lowest BCUT2D eigenvalue weighted by Crippen LogP contribution is -2.36. The minimum atomic E-state index is -0.181. The summed E-state index contributed by atoms with van der Waals surface area (Å²) in [5, 5.41) is 7.34. The lowest BCUT2D eigenvalue weighted by molar-refractivity contribution is -0.111. The summed E-state index contributed by atoms with van der Waals surface area (Å²) in [6.45, 7) is 4.71. The first-order valence-corrected chi connectivity index (χ1v) is 13.3. The van der Waals surface area contributed by atoms with Crippen LogP contribution in [0.1, 0.15) is 31.2 Å². The number of carbonyl (C=O) groups is 1. The van der Waals surface area contributed by atoms with E-state index < -0.39 is 0 Å². The molecule has 194 valence electrons. The van der Waals surface area contributed by atoms with Crippen LogP contribution in [0.4, 0.5) is 11.5 Å². The SMILES string of the molecule is O=C(/C=C/CN1CCOCC1)Nc1cc2c(NCCc3ccccc3)ncnc2cc1OC1CCCC1. The molecule has 3 aromatic rings. The van der Waals surface area contributed by atoms with Crippen molar-refractivity contribution in [3.63, 3.8) is 0 Å². The molecule has 2 heterocycles. The molecule has 8 nitrogen and oxygen atoms in total. The van der Waals surface area contributed by atoms with Gasteiger partial charge in [-0.05, 0) is 43.7 Å². The fraction of sp³-hybridized carbons (Fsp3) is 0.414. The average molecular weight is 502 g/mol. The van der Waals surface area contributed by atoms with E-state index in [1.807, 2.05) is 36.4 Å². The van der Waals surface area contributed by atoms with Crippen molar-refractivity contribution in [1.29, 1.82) is 0 Å². The van der Waals surface area contributed by atoms with E-state index in [1.165, 1.54) is 18.4 Å². The van der Waals surface area contributed by atoms with Crippen molar-refractivity contribution in [1.82, 2.24) is 14.9 Å². The maximum Gasteiger partial charge on any atom is 0.248 e. The zero-order chi connectivity index (χ0) is 25.3. The minimum Gasteiger partial charge on any atom is -0.488 e. The lowest BCUT2D eigenvalue weighted by Gasteiger charge is -2.25. The lowest BCUT2D eigenvalue weighted by atomic mass is 10.1. The van der Waals surface area contributed by atoms with Gasteiger partial charge in [0.1, 0.15) is 17.9 Å². The summed E-state index contributed by atoms with van der Waals surface area (Å²) >= 11 is 0. The molecule has 8 heteroatoms. The van der Waals surface area contributed by atoms with Crippen LogP contribution in [-0.2, 0) is 16.0 Å². The van der Waals surface area contributed by atoms with Gasteiger partial charge in [0.15, 0.2) is 0 Å². The number of fused-ring (bicyclic) bond motifs is 1. The standard InChI is InChI=1S/C29H35N5O3/c35-28(11-6-14-34-15-17-36-18-16-34)33-26-19-24-25(20-27(26)37-23-9-4-5-10-23)31-21-32-29(24)30-13-12-22-7-2-1-3-8-22/h1-3,6-8,11,19-21,23H,4-5,9-10,12-18H2,(H,33,35)(H,30,31,32)/b11-6+. The number of hydrogen-bond acceptors (Lipinski definition) is 7. The third-order valence-corrected chi connectivity index (χ3v) is 6.88. The second kappa shape index (κ2) is 12.7. The van der Waals surface area contributed by atoms with Gasteiger partial charge >= 0.3 is 0 Å². The number of ether oxygens (including phenoxy) is 2. The summed E-state index contributed by atoms with van der Waals surface area (Å²) in [6, 6.07) is 14.2. The van der Waals surface area contributed by atoms with E-state index in [4.69, 9.17) is 9.47 Å². The van der Waals surface area contributed by atoms with Gasteiger partial charge in [0, 0.05) is 43.7 Å². The molecule has 2 aromatic carbocycles. The van der Waals surface area contributed by atoms with Crippen molar-refractivity contribution in [2.45, 2.75) is 38.2 Å². The van der Waals surface area contributed by atoms with E-state index in [2.05, 4.69) is 37.6 Å². The molecular formula is C29H35N5O3. The Balaban J connectivity index is 1.33. The van der Waals surface area contributed by atoms with Gasteiger partial charge in [-0.25, -0.2) is 9.97 Å². The number of morpholine rings is 1. The summed E-state index contributed by atoms with van der Waals surface area (Å²) in [6.07, 6.45) is 10.5. The van der Waals surface area contributed by atoms with Gasteiger partial charge in [0.05, 0.1) is 30.5 Å². The largest absolute Gasteiger partial charge is 0.488 e. The number of rotatable bonds is 10. The molecule has 0 atom stereocenters. The van der Waals surface area contributed by atoms with E-state index in [9.17, 15) is 4.79 Å². The molecule has 1 aromatic heterocycles. The van der Waals surface area contributed by atoms with Crippen LogP contribution in [0.25, 0.3) is 10.9 Å². The maximum absolute atomic E-state index is 12.8. The highest BCUT2D eigenvalue weighted by atomic mass is 16.5. The van der Waals surface area contributed by atoms with E-state index in [-0.39, 0.29) is 12.0 Å². The summed E-state index contributed by atoms with van der Waals surface area (Å²) in [5.74, 6) is 1.22. The molecule has 1 amide bonds. The molecule has 0 spiro atoms. The Kier molecular flexibility index (Phi) is 8.61. The Labute approximate surface area is 218 Å². The van der Waals surface area contributed by atoms with Crippen molar-refractivity contribution in [3.8, 4) is 5.75 Å². The average Bonchev–Trinajstić information content (AvgIpc) is 3.44. The zero-order valence-corrected chi connectivity index (χ0v) is 21.2. The van der Waals surface area contributed by atoms with E-state index >= 15 is 0 Å². The van der Waals surface area contributed by atoms with Gasteiger partial charge in [-0.1, -0.05) is 36.4 Å². The van der Waals surface area contributed by atoms with Crippen LogP contribution in [0.2, 0.25) is 0 Å². The molecule has 0 unspecified atom stereocenters. The Morgan fingerprint density at radius 3 is 2.73 bits per heavy atom. The number of anilines is 2. The number of carbonyl (C=O) groups excluding carboxylic acids is 1. The smallest absolute Gasteiger partial charge is 0.248 e. The van der Waals surface area contributed by atoms with Crippen LogP contribution < -0.4 is 15.4 Å². The Hall–Kier alpha value is -3.49. The topological polar surface area (TPSA) is 88.6 Å². The number of benzene rings is 2. The molecule has 1 saturated heterocycles. The highest BCUT2D eigenvalue weighted by molar-refractivity contribution is 6.03. The normalized spacial score (nSPS) is 16.9. The number of hydrogen-bond donors (Lipinski definition) is 2. The van der Waals surface area contributed by atoms with Crippen LogP contribution in [0.5, 0.6) is 5.75 Å². The second-order valence-electron chi connectivity index (χ2n) is 9.58. The third kappa shape index (κ3) is 7.05. The van der Waals surface area contributed by atoms with Gasteiger partial charge in [-0.3, -0.25) is 9.69 Å². The van der Waals surface area contributed by atoms with E-state index in [0.717, 1.165) is 75.4 Å². The molecule has 37 heavy (non-hydrogen) atoms. The summed E-state index contributed by atoms with van der Waals surface area (Å²) in [7, 11) is 0. The third-order valence-electron chi connectivity index (χ3n) is 6.88. The van der Waals surface area contributed by atoms with Crippen molar-refractivity contribution in [2.75, 3.05) is 50.0 Å². The van der Waals surface area contributed by atoms with E-state index in [1.54, 1.807) is 12.4 Å². The Morgan fingerprint density at radius 1 is 1.11 bits per heavy atom. The van der Waals surface area contributed by atoms with Crippen molar-refractivity contribution >= 4 is 28.3 Å². The van der Waals surface area contributed by atoms with Crippen molar-refractivity contribution in [2.24, 2.45) is 0 Å². The highest BCUT2D eigenvalue weighted by Gasteiger charge is 2.20. The first-order chi connectivity index (χ1) is 18.2. The van der Waals surface area contributed by atoms with Gasteiger partial charge in [0.2, 0.25) is 5.91 Å². The Bertz CT molecular complexity index is 1200. The van der Waals surface area contributed by atoms with Crippen molar-refractivity contribution in [3.05, 3.63) is 66.5 Å². The molecular weight excluding hydrogens is 466 g/mol. The monoisotopic (exact) mass is 501 g/mol. The molecule has 1 aliphatic carbocycles. The summed E-state index contributed by atoms with van der Waals surface area (Å²) in [5.41, 5.74) is 2.69. The molecule has 5 rings (SSSR count). The molecule has 2 fully saturated rings. The molecule has 0 bridgehead atoms. The van der Waals surface area contributed by atoms with Gasteiger partial charge in [-0.15, -0.1) is 0 Å². The van der Waals surface area contributed by atoms with Crippen LogP contribution in [0.3, 0.4) is 0 Å². The first kappa shape index (κ1) is 25.2. The van der Waals surface area contributed by atoms with Crippen LogP contribution in [0.15, 0.2) is 60.9 Å². The Morgan fingerprint density at radius 2 is 1.92 bits per heavy atom.